The molecule has 7 nitrogen and oxygen atoms in total. The van der Waals surface area contributed by atoms with Crippen LogP contribution in [0.4, 0.5) is 0 Å². The lowest BCUT2D eigenvalue weighted by atomic mass is 9.46. The number of carbonyl (C=O) groups is 2. The number of amides is 1. The smallest absolute Gasteiger partial charge is 0.305 e. The standard InChI is InChI=1S/C35H53NO6/c1-32(2)27-9-8-23-25-18-26-24(7-6-22(41-26)17-30(38)39)33(25,3)12-13-34(23)20-35(27,34)11-10-28(32)42-31-19-36(14-15-40-31)29(37)16-21-4-5-21/h21-28,31H,4-20H2,1-3H3,(H,38,39)/t22?,23?,24-,25?,26?,27?,28-,31?,33?,34?,35?/m0/s1. The van der Waals surface area contributed by atoms with Crippen LogP contribution in [-0.2, 0) is 23.8 Å². The monoisotopic (exact) mass is 583 g/mol. The minimum atomic E-state index is -0.728. The van der Waals surface area contributed by atoms with E-state index in [0.29, 0.717) is 60.1 Å². The van der Waals surface area contributed by atoms with Crippen LogP contribution in [0.15, 0.2) is 0 Å². The van der Waals surface area contributed by atoms with Crippen LogP contribution in [0.3, 0.4) is 0 Å². The Bertz CT molecular complexity index is 1120. The summed E-state index contributed by atoms with van der Waals surface area (Å²) in [5.74, 6) is 2.96. The lowest BCUT2D eigenvalue weighted by Crippen LogP contribution is -2.56. The molecule has 6 saturated carbocycles. The van der Waals surface area contributed by atoms with Crippen LogP contribution >= 0.6 is 0 Å². The van der Waals surface area contributed by atoms with Crippen molar-refractivity contribution < 1.29 is 28.9 Å². The van der Waals surface area contributed by atoms with Gasteiger partial charge in [-0.2, -0.15) is 0 Å². The number of ether oxygens (including phenoxy) is 3. The molecule has 2 spiro atoms. The van der Waals surface area contributed by atoms with Crippen LogP contribution in [0.5, 0.6) is 0 Å². The Morgan fingerprint density at radius 2 is 1.71 bits per heavy atom. The van der Waals surface area contributed by atoms with E-state index in [1.54, 1.807) is 0 Å². The van der Waals surface area contributed by atoms with Gasteiger partial charge in [0.2, 0.25) is 5.91 Å². The van der Waals surface area contributed by atoms with Crippen LogP contribution < -0.4 is 0 Å². The number of nitrogens with zero attached hydrogens (tertiary/aromatic N) is 1. The fourth-order valence-electron chi connectivity index (χ4n) is 12.7. The largest absolute Gasteiger partial charge is 0.481 e. The van der Waals surface area contributed by atoms with Gasteiger partial charge < -0.3 is 24.2 Å². The van der Waals surface area contributed by atoms with Crippen LogP contribution in [0.2, 0.25) is 0 Å². The third kappa shape index (κ3) is 4.14. The van der Waals surface area contributed by atoms with Crippen LogP contribution in [0, 0.1) is 51.2 Å². The number of carboxylic acids is 1. The molecular weight excluding hydrogens is 530 g/mol. The number of morpholine rings is 1. The molecule has 8 rings (SSSR count). The SMILES string of the molecule is CC1(C)C2CCC3C4CC5OC(CC(=O)O)CC[C@@H]5C4(C)CCC34CC24CC[C@@H]1OC1CN(C(=O)CC2CC2)CCO1. The fraction of sp³-hybridized carbons (Fsp3) is 0.943. The molecule has 0 aromatic carbocycles. The van der Waals surface area contributed by atoms with E-state index < -0.39 is 5.97 Å². The Hall–Kier alpha value is -1.18. The summed E-state index contributed by atoms with van der Waals surface area (Å²) >= 11 is 0. The van der Waals surface area contributed by atoms with Crippen LogP contribution in [0.25, 0.3) is 0 Å². The van der Waals surface area contributed by atoms with Crippen molar-refractivity contribution in [2.75, 3.05) is 19.7 Å². The van der Waals surface area contributed by atoms with Crippen molar-refractivity contribution in [3.05, 3.63) is 0 Å². The minimum Gasteiger partial charge on any atom is -0.481 e. The van der Waals surface area contributed by atoms with Gasteiger partial charge in [0, 0.05) is 13.0 Å². The Kier molecular flexibility index (Phi) is 6.51. The second kappa shape index (κ2) is 9.66. The van der Waals surface area contributed by atoms with E-state index in [1.807, 2.05) is 4.90 Å². The number of rotatable bonds is 6. The van der Waals surface area contributed by atoms with Gasteiger partial charge in [-0.3, -0.25) is 9.59 Å². The van der Waals surface area contributed by atoms with E-state index in [4.69, 9.17) is 14.2 Å². The highest BCUT2D eigenvalue weighted by atomic mass is 16.7. The first-order valence-corrected chi connectivity index (χ1v) is 17.5. The van der Waals surface area contributed by atoms with Crippen molar-refractivity contribution in [1.82, 2.24) is 4.90 Å². The molecule has 9 unspecified atom stereocenters. The van der Waals surface area contributed by atoms with E-state index in [0.717, 1.165) is 37.5 Å². The van der Waals surface area contributed by atoms with Gasteiger partial charge in [0.1, 0.15) is 0 Å². The molecule has 2 aliphatic heterocycles. The number of hydrogen-bond acceptors (Lipinski definition) is 5. The first-order chi connectivity index (χ1) is 20.1. The van der Waals surface area contributed by atoms with Crippen molar-refractivity contribution in [2.45, 2.75) is 135 Å². The molecule has 11 atom stereocenters. The summed E-state index contributed by atoms with van der Waals surface area (Å²) in [5, 5.41) is 9.37. The highest BCUT2D eigenvalue weighted by Gasteiger charge is 2.80. The van der Waals surface area contributed by atoms with Gasteiger partial charge in [0.25, 0.3) is 0 Å². The van der Waals surface area contributed by atoms with Gasteiger partial charge in [-0.05, 0) is 128 Å². The molecule has 234 valence electrons. The summed E-state index contributed by atoms with van der Waals surface area (Å²) in [7, 11) is 0. The molecule has 0 aromatic heterocycles. The summed E-state index contributed by atoms with van der Waals surface area (Å²) in [6.45, 7) is 9.38. The van der Waals surface area contributed by atoms with Gasteiger partial charge in [-0.1, -0.05) is 20.8 Å². The predicted octanol–water partition coefficient (Wildman–Crippen LogP) is 6.04. The summed E-state index contributed by atoms with van der Waals surface area (Å²) in [6.07, 6.45) is 15.6. The van der Waals surface area contributed by atoms with Gasteiger partial charge in [-0.15, -0.1) is 0 Å². The molecule has 7 heteroatoms. The molecule has 8 aliphatic rings. The number of carboxylic acid groups (broad SMARTS) is 1. The lowest BCUT2D eigenvalue weighted by Gasteiger charge is -2.60. The molecule has 0 aromatic rings. The number of fused-ring (bicyclic) bond motifs is 4. The van der Waals surface area contributed by atoms with Gasteiger partial charge >= 0.3 is 5.97 Å². The maximum atomic E-state index is 12.8. The van der Waals surface area contributed by atoms with E-state index in [9.17, 15) is 14.7 Å². The van der Waals surface area contributed by atoms with Crippen molar-refractivity contribution >= 4 is 11.9 Å². The van der Waals surface area contributed by atoms with Crippen LogP contribution in [-0.4, -0.2) is 66.2 Å². The zero-order valence-corrected chi connectivity index (χ0v) is 26.2. The molecule has 2 saturated heterocycles. The topological polar surface area (TPSA) is 85.3 Å². The first kappa shape index (κ1) is 28.3. The maximum Gasteiger partial charge on any atom is 0.305 e. The fourth-order valence-corrected chi connectivity index (χ4v) is 12.7. The quantitative estimate of drug-likeness (QED) is 0.411. The van der Waals surface area contributed by atoms with Gasteiger partial charge in [-0.25, -0.2) is 0 Å². The highest BCUT2D eigenvalue weighted by molar-refractivity contribution is 5.76. The van der Waals surface area contributed by atoms with Crippen molar-refractivity contribution in [3.63, 3.8) is 0 Å². The zero-order valence-electron chi connectivity index (χ0n) is 26.2. The van der Waals surface area contributed by atoms with Gasteiger partial charge in [0.05, 0.1) is 37.9 Å². The molecule has 6 aliphatic carbocycles. The summed E-state index contributed by atoms with van der Waals surface area (Å²) in [6, 6.07) is 0. The molecule has 2 heterocycles. The Balaban J connectivity index is 0.955. The number of carbonyl (C=O) groups excluding carboxylic acids is 1. The second-order valence-electron chi connectivity index (χ2n) is 16.9. The van der Waals surface area contributed by atoms with Crippen molar-refractivity contribution in [2.24, 2.45) is 51.2 Å². The van der Waals surface area contributed by atoms with Gasteiger partial charge in [0.15, 0.2) is 6.29 Å². The summed E-state index contributed by atoms with van der Waals surface area (Å²) in [4.78, 5) is 26.2. The third-order valence-electron chi connectivity index (χ3n) is 14.9. The normalized spacial score (nSPS) is 50.5. The number of hydrogen-bond donors (Lipinski definition) is 1. The Labute approximate surface area is 251 Å². The van der Waals surface area contributed by atoms with E-state index in [1.165, 1.54) is 51.4 Å². The minimum absolute atomic E-state index is 0.0912. The molecule has 1 N–H and O–H groups in total. The molecule has 0 bridgehead atoms. The molecule has 1 amide bonds. The third-order valence-corrected chi connectivity index (χ3v) is 14.9. The van der Waals surface area contributed by atoms with Crippen LogP contribution in [0.1, 0.15) is 111 Å². The predicted molar refractivity (Wildman–Crippen MR) is 156 cm³/mol. The maximum absolute atomic E-state index is 12.8. The molecule has 8 fully saturated rings. The van der Waals surface area contributed by atoms with Crippen molar-refractivity contribution in [1.29, 1.82) is 0 Å². The van der Waals surface area contributed by atoms with E-state index in [-0.39, 0.29) is 42.3 Å². The first-order valence-electron chi connectivity index (χ1n) is 17.5. The highest BCUT2D eigenvalue weighted by Crippen LogP contribution is 2.87. The molecule has 0 radical (unpaired) electrons. The lowest BCUT2D eigenvalue weighted by molar-refractivity contribution is -0.244. The second-order valence-corrected chi connectivity index (χ2v) is 16.9. The average Bonchev–Trinajstić information content (AvgIpc) is 3.85. The Morgan fingerprint density at radius 3 is 2.50 bits per heavy atom. The molecular formula is C35H53NO6. The Morgan fingerprint density at radius 1 is 0.905 bits per heavy atom. The number of aliphatic carboxylic acids is 1. The summed E-state index contributed by atoms with van der Waals surface area (Å²) < 4.78 is 19.5. The van der Waals surface area contributed by atoms with Crippen molar-refractivity contribution in [3.8, 4) is 0 Å². The zero-order chi connectivity index (χ0) is 29.1. The average molecular weight is 584 g/mol. The van der Waals surface area contributed by atoms with E-state index in [2.05, 4.69) is 20.8 Å². The van der Waals surface area contributed by atoms with E-state index >= 15 is 0 Å². The summed E-state index contributed by atoms with van der Waals surface area (Å²) in [5.41, 5.74) is 1.39. The molecule has 42 heavy (non-hydrogen) atoms.